The van der Waals surface area contributed by atoms with E-state index >= 15 is 0 Å². The summed E-state index contributed by atoms with van der Waals surface area (Å²) in [5.41, 5.74) is -0.805. The van der Waals surface area contributed by atoms with E-state index < -0.39 is 132 Å². The van der Waals surface area contributed by atoms with E-state index in [9.17, 15) is 67.4 Å². The van der Waals surface area contributed by atoms with Gasteiger partial charge in [0.15, 0.2) is 6.10 Å². The standard InChI is InChI=1S/C40H62N6O8.C40H60N6O8/c2*1-39(2,3)54-38(53)43-28-22-18-13-11-9-8-10-12-17-21-27(42-34(49)32-30-26(40(30,4)5)24-46(32)36(28)51)33(48)35(50)41-23-29(47)44-31(37(52)45(6)7)25-19-15-14-16-20-25/h14-16,19-20,26-28,30-33,48H,8-13,17-18,21-24H2,1-7H3,(H,41,50)(H,42,49)(H,43,53)(H,44,47);14-16,19-20,26-28,30-32H,8-13,17-18,21-24H2,1-7H3,(H,41,50)(H,42,49)(H,43,53)(H,44,47)/t26-,27-,28-,30-,31-,32-,33?;26-,27-,28-,30-,31-,32-/m00/s1. The quantitative estimate of drug-likeness (QED) is 0.0802. The monoisotopic (exact) mass is 1510 g/mol. The Labute approximate surface area is 637 Å². The molecule has 6 fully saturated rings. The molecule has 2 aliphatic carbocycles. The van der Waals surface area contributed by atoms with Crippen LogP contribution in [0.4, 0.5) is 9.59 Å². The second-order valence-electron chi connectivity index (χ2n) is 33.7. The number of amides is 12. The van der Waals surface area contributed by atoms with Crippen molar-refractivity contribution in [2.75, 3.05) is 54.4 Å². The zero-order chi connectivity index (χ0) is 79.6. The lowest BCUT2D eigenvalue weighted by atomic mass is 9.97. The normalized spacial score (nSPS) is 25.7. The van der Waals surface area contributed by atoms with Crippen molar-refractivity contribution >= 4 is 77.0 Å². The predicted molar refractivity (Wildman–Crippen MR) is 404 cm³/mol. The Kier molecular flexibility index (Phi) is 30.9. The van der Waals surface area contributed by atoms with Crippen molar-refractivity contribution in [1.82, 2.24) is 62.1 Å². The van der Waals surface area contributed by atoms with Crippen LogP contribution in [0.25, 0.3) is 0 Å². The molecule has 13 atom stereocenters. The number of nitrogens with one attached hydrogen (secondary N) is 8. The zero-order valence-electron chi connectivity index (χ0n) is 66.1. The van der Waals surface area contributed by atoms with Crippen LogP contribution in [0.2, 0.25) is 0 Å². The Morgan fingerprint density at radius 2 is 0.861 bits per heavy atom. The fourth-order valence-corrected chi connectivity index (χ4v) is 15.7. The van der Waals surface area contributed by atoms with Gasteiger partial charge in [0.2, 0.25) is 53.0 Å². The minimum atomic E-state index is -1.69. The van der Waals surface area contributed by atoms with Crippen LogP contribution in [-0.2, 0) is 62.2 Å². The van der Waals surface area contributed by atoms with Crippen molar-refractivity contribution in [2.45, 2.75) is 263 Å². The topological polar surface area (TPSA) is 370 Å². The molecule has 4 aliphatic heterocycles. The number of ether oxygens (including phenoxy) is 2. The number of likely N-dealkylation sites (N-methyl/N-ethyl adjacent to an activating group) is 2. The summed E-state index contributed by atoms with van der Waals surface area (Å²) >= 11 is 0. The van der Waals surface area contributed by atoms with Gasteiger partial charge in [0.1, 0.15) is 47.5 Å². The third-order valence-electron chi connectivity index (χ3n) is 21.9. The largest absolute Gasteiger partial charge is 0.444 e. The molecule has 2 aromatic carbocycles. The molecule has 0 bridgehead atoms. The van der Waals surface area contributed by atoms with Gasteiger partial charge in [-0.3, -0.25) is 52.7 Å². The number of aliphatic hydroxyl groups excluding tert-OH is 1. The van der Waals surface area contributed by atoms with Gasteiger partial charge in [-0.2, -0.15) is 0 Å². The van der Waals surface area contributed by atoms with Crippen molar-refractivity contribution in [1.29, 1.82) is 0 Å². The van der Waals surface area contributed by atoms with Crippen LogP contribution in [-0.4, -0.2) is 210 Å². The maximum atomic E-state index is 14.2. The first-order valence-corrected chi connectivity index (χ1v) is 38.9. The number of alkyl carbamates (subject to hydrolysis) is 2. The minimum Gasteiger partial charge on any atom is -0.444 e. The van der Waals surface area contributed by atoms with Crippen LogP contribution in [0.15, 0.2) is 60.7 Å². The van der Waals surface area contributed by atoms with E-state index in [4.69, 9.17) is 9.47 Å². The molecule has 2 saturated carbocycles. The fraction of sp³-hybridized carbons (Fsp3) is 0.688. The van der Waals surface area contributed by atoms with Gasteiger partial charge in [0, 0.05) is 41.3 Å². The number of carbonyl (C=O) groups is 13. The second-order valence-corrected chi connectivity index (χ2v) is 33.7. The van der Waals surface area contributed by atoms with Crippen LogP contribution < -0.4 is 42.5 Å². The highest BCUT2D eigenvalue weighted by atomic mass is 16.6. The van der Waals surface area contributed by atoms with Gasteiger partial charge < -0.3 is 76.7 Å². The number of carbonyl (C=O) groups excluding carboxylic acids is 13. The molecule has 12 amide bonds. The van der Waals surface area contributed by atoms with Gasteiger partial charge in [-0.05, 0) is 113 Å². The first-order chi connectivity index (χ1) is 50.8. The van der Waals surface area contributed by atoms with Gasteiger partial charge in [-0.1, -0.05) is 191 Å². The van der Waals surface area contributed by atoms with Crippen LogP contribution >= 0.6 is 0 Å². The molecule has 6 aliphatic rings. The number of aliphatic hydroxyl groups is 1. The molecule has 9 N–H and O–H groups in total. The Balaban J connectivity index is 0.000000301. The van der Waals surface area contributed by atoms with E-state index in [-0.39, 0.29) is 64.6 Å². The number of hydrogen-bond donors (Lipinski definition) is 9. The smallest absolute Gasteiger partial charge is 0.408 e. The third-order valence-corrected chi connectivity index (χ3v) is 21.9. The predicted octanol–water partition coefficient (Wildman–Crippen LogP) is 6.58. The van der Waals surface area contributed by atoms with E-state index in [1.54, 1.807) is 135 Å². The number of ketones is 1. The average Bonchev–Trinajstić information content (AvgIpc) is 1.53. The molecule has 2 aromatic rings. The van der Waals surface area contributed by atoms with Gasteiger partial charge >= 0.3 is 12.2 Å². The molecular formula is C80H122N12O16. The fourth-order valence-electron chi connectivity index (χ4n) is 15.7. The van der Waals surface area contributed by atoms with E-state index in [1.807, 2.05) is 13.8 Å². The number of nitrogens with zero attached hydrogens (tertiary/aromatic N) is 4. The van der Waals surface area contributed by atoms with Crippen molar-refractivity contribution < 1.29 is 76.9 Å². The summed E-state index contributed by atoms with van der Waals surface area (Å²) < 4.78 is 11.0. The summed E-state index contributed by atoms with van der Waals surface area (Å²) in [4.78, 5) is 180. The number of Topliss-reactive ketones (excluding diaryl/α,β-unsaturated/α-hetero) is 1. The Bertz CT molecular complexity index is 3480. The Hall–Kier alpha value is -8.69. The number of hydrogen-bond acceptors (Lipinski definition) is 16. The molecule has 0 radical (unpaired) electrons. The zero-order valence-corrected chi connectivity index (χ0v) is 66.1. The maximum Gasteiger partial charge on any atom is 0.408 e. The van der Waals surface area contributed by atoms with E-state index in [0.717, 1.165) is 89.9 Å². The lowest BCUT2D eigenvalue weighted by Crippen LogP contribution is -2.59. The minimum absolute atomic E-state index is 0.0556. The Morgan fingerprint density at radius 3 is 1.24 bits per heavy atom. The molecular weight excluding hydrogens is 1380 g/mol. The highest BCUT2D eigenvalue weighted by molar-refractivity contribution is 6.38. The molecule has 28 nitrogen and oxygen atoms in total. The molecule has 4 heterocycles. The SMILES string of the molecule is CN(C)C(=O)[C@@H](NC(=O)CNC(=O)C(=O)[C@@H]1CCCCCCCCCC[C@H](NC(=O)OC(C)(C)C)C(=O)N2C[C@H]3[C@@H]([C@H]2C(=O)N1)C3(C)C)c1ccccc1.CN(C)C(=O)[C@@H](NC(=O)CNC(=O)C(O)[C@@H]1CCCCCCCCCC[C@H](NC(=O)OC(C)(C)C)C(=O)N2C[C@H]3[C@@H]([C@H]2C(=O)N1)C3(C)C)c1ccccc1. The highest BCUT2D eigenvalue weighted by Gasteiger charge is 2.71. The first-order valence-electron chi connectivity index (χ1n) is 38.9. The summed E-state index contributed by atoms with van der Waals surface area (Å²) in [6, 6.07) is 9.76. The van der Waals surface area contributed by atoms with Crippen molar-refractivity contribution in [3.8, 4) is 0 Å². The lowest BCUT2D eigenvalue weighted by Gasteiger charge is -2.34. The molecule has 598 valence electrons. The molecule has 4 saturated heterocycles. The Morgan fingerprint density at radius 1 is 0.509 bits per heavy atom. The molecule has 1 unspecified atom stereocenters. The second kappa shape index (κ2) is 38.6. The van der Waals surface area contributed by atoms with E-state index in [0.29, 0.717) is 56.3 Å². The summed E-state index contributed by atoms with van der Waals surface area (Å²) in [5, 5.41) is 32.8. The van der Waals surface area contributed by atoms with Crippen LogP contribution in [0, 0.1) is 34.5 Å². The average molecular weight is 1510 g/mol. The van der Waals surface area contributed by atoms with E-state index in [2.05, 4.69) is 56.4 Å². The summed E-state index contributed by atoms with van der Waals surface area (Å²) in [6.45, 7) is 18.3. The van der Waals surface area contributed by atoms with Crippen molar-refractivity contribution in [3.63, 3.8) is 0 Å². The molecule has 0 aromatic heterocycles. The lowest BCUT2D eigenvalue weighted by molar-refractivity contribution is -0.144. The van der Waals surface area contributed by atoms with Crippen LogP contribution in [0.3, 0.4) is 0 Å². The molecule has 108 heavy (non-hydrogen) atoms. The number of fused-ring (bicyclic) bond motifs is 6. The highest BCUT2D eigenvalue weighted by Crippen LogP contribution is 2.66. The van der Waals surface area contributed by atoms with Crippen molar-refractivity contribution in [2.24, 2.45) is 34.5 Å². The van der Waals surface area contributed by atoms with Crippen LogP contribution in [0.5, 0.6) is 0 Å². The molecule has 0 spiro atoms. The first kappa shape index (κ1) is 86.5. The molecule has 28 heteroatoms. The third kappa shape index (κ3) is 24.2. The summed E-state index contributed by atoms with van der Waals surface area (Å²) in [6.07, 6.45) is 12.2. The summed E-state index contributed by atoms with van der Waals surface area (Å²) in [7, 11) is 6.30. The van der Waals surface area contributed by atoms with Gasteiger partial charge in [0.25, 0.3) is 11.8 Å². The van der Waals surface area contributed by atoms with Gasteiger partial charge in [-0.25, -0.2) is 9.59 Å². The van der Waals surface area contributed by atoms with Crippen LogP contribution in [0.1, 0.15) is 221 Å². The summed E-state index contributed by atoms with van der Waals surface area (Å²) in [5.74, 6) is -6.69. The van der Waals surface area contributed by atoms with Gasteiger partial charge in [-0.15, -0.1) is 0 Å². The van der Waals surface area contributed by atoms with E-state index in [1.165, 1.54) is 14.7 Å². The van der Waals surface area contributed by atoms with Crippen molar-refractivity contribution in [3.05, 3.63) is 71.8 Å². The number of piperidine rings is 2. The number of benzene rings is 2. The maximum absolute atomic E-state index is 14.2. The molecule has 8 rings (SSSR count). The number of rotatable bonds is 16. The van der Waals surface area contributed by atoms with Gasteiger partial charge in [0.05, 0.1) is 25.2 Å².